The molecule has 1 atom stereocenters. The van der Waals surface area contributed by atoms with Gasteiger partial charge in [0.1, 0.15) is 11.6 Å². The zero-order valence-electron chi connectivity index (χ0n) is 16.8. The summed E-state index contributed by atoms with van der Waals surface area (Å²) in [5, 5.41) is 14.3. The molecule has 31 heavy (non-hydrogen) atoms. The maximum atomic E-state index is 14.0. The van der Waals surface area contributed by atoms with Crippen molar-refractivity contribution in [2.24, 2.45) is 5.92 Å². The number of nitrogens with one attached hydrogen (secondary N) is 1. The molecule has 0 spiro atoms. The molecule has 160 valence electrons. The zero-order chi connectivity index (χ0) is 21.8. The van der Waals surface area contributed by atoms with Crippen LogP contribution in [0.3, 0.4) is 0 Å². The summed E-state index contributed by atoms with van der Waals surface area (Å²) in [5.41, 5.74) is 1.49. The number of anilines is 2. The van der Waals surface area contributed by atoms with E-state index in [1.165, 1.54) is 6.07 Å². The number of halogens is 2. The van der Waals surface area contributed by atoms with Crippen molar-refractivity contribution >= 4 is 29.0 Å². The third-order valence-electron chi connectivity index (χ3n) is 5.65. The van der Waals surface area contributed by atoms with Crippen molar-refractivity contribution in [3.63, 3.8) is 0 Å². The minimum Gasteiger partial charge on any atom is -0.388 e. The highest BCUT2D eigenvalue weighted by atomic mass is 35.5. The largest absolute Gasteiger partial charge is 0.388 e. The van der Waals surface area contributed by atoms with Crippen molar-refractivity contribution in [1.29, 1.82) is 0 Å². The van der Waals surface area contributed by atoms with Crippen LogP contribution in [0.5, 0.6) is 0 Å². The number of nitrogens with zero attached hydrogens (tertiary/aromatic N) is 2. The molecule has 1 saturated heterocycles. The third kappa shape index (κ3) is 4.86. The molecule has 0 saturated carbocycles. The van der Waals surface area contributed by atoms with Crippen LogP contribution in [0.15, 0.2) is 66.9 Å². The van der Waals surface area contributed by atoms with Gasteiger partial charge in [0.25, 0.3) is 5.91 Å². The summed E-state index contributed by atoms with van der Waals surface area (Å²) < 4.78 is 14.0. The smallest absolute Gasteiger partial charge is 0.257 e. The molecule has 5 nitrogen and oxygen atoms in total. The number of para-hydroxylation sites is 1. The first-order chi connectivity index (χ1) is 15.0. The Hall–Kier alpha value is -2.96. The van der Waals surface area contributed by atoms with Gasteiger partial charge in [0.2, 0.25) is 0 Å². The number of hydrogen-bond acceptors (Lipinski definition) is 4. The number of aliphatic hydroxyl groups is 1. The molecule has 1 aromatic heterocycles. The van der Waals surface area contributed by atoms with Crippen LogP contribution in [0.25, 0.3) is 0 Å². The summed E-state index contributed by atoms with van der Waals surface area (Å²) >= 11 is 5.93. The first kappa shape index (κ1) is 21.3. The summed E-state index contributed by atoms with van der Waals surface area (Å²) in [7, 11) is 0. The fraction of sp³-hybridized carbons (Fsp3) is 0.250. The Kier molecular flexibility index (Phi) is 6.49. The van der Waals surface area contributed by atoms with E-state index in [9.17, 15) is 14.3 Å². The summed E-state index contributed by atoms with van der Waals surface area (Å²) in [6.45, 7) is 1.06. The quantitative estimate of drug-likeness (QED) is 0.573. The summed E-state index contributed by atoms with van der Waals surface area (Å²) in [4.78, 5) is 19.2. The van der Waals surface area contributed by atoms with Crippen molar-refractivity contribution in [2.75, 3.05) is 18.4 Å². The normalized spacial score (nSPS) is 15.5. The predicted molar refractivity (Wildman–Crippen MR) is 119 cm³/mol. The molecule has 1 fully saturated rings. The topological polar surface area (TPSA) is 65.5 Å². The van der Waals surface area contributed by atoms with Crippen LogP contribution in [0, 0.1) is 11.7 Å². The van der Waals surface area contributed by atoms with Crippen LogP contribution in [-0.4, -0.2) is 34.0 Å². The van der Waals surface area contributed by atoms with Gasteiger partial charge in [-0.05, 0) is 60.7 Å². The number of hydrogen-bond donors (Lipinski definition) is 2. The van der Waals surface area contributed by atoms with Crippen LogP contribution in [0.1, 0.15) is 34.9 Å². The Labute approximate surface area is 185 Å². The number of pyridine rings is 1. The van der Waals surface area contributed by atoms with E-state index < -0.39 is 11.9 Å². The SMILES string of the molecule is O=C(c1cccnc1Nc1ccccc1F)N1CCC([C@@H](O)c2ccc(Cl)cc2)CC1. The third-order valence-corrected chi connectivity index (χ3v) is 5.90. The van der Waals surface area contributed by atoms with E-state index in [0.717, 1.165) is 5.56 Å². The van der Waals surface area contributed by atoms with Crippen molar-refractivity contribution in [3.05, 3.63) is 88.8 Å². The molecular formula is C24H23ClFN3O2. The molecule has 4 rings (SSSR count). The average Bonchev–Trinajstić information content (AvgIpc) is 2.81. The molecule has 0 unspecified atom stereocenters. The van der Waals surface area contributed by atoms with E-state index in [0.29, 0.717) is 42.3 Å². The molecule has 2 N–H and O–H groups in total. The second kappa shape index (κ2) is 9.45. The standard InChI is InChI=1S/C24H23ClFN3O2/c25-18-9-7-16(8-10-18)22(30)17-11-14-29(15-12-17)24(31)19-4-3-13-27-23(19)28-21-6-2-1-5-20(21)26/h1-10,13,17,22,30H,11-12,14-15H2,(H,27,28)/t22-/m0/s1. The molecule has 3 aromatic rings. The molecule has 7 heteroatoms. The minimum absolute atomic E-state index is 0.0649. The molecule has 2 aromatic carbocycles. The van der Waals surface area contributed by atoms with Gasteiger partial charge < -0.3 is 15.3 Å². The zero-order valence-corrected chi connectivity index (χ0v) is 17.6. The molecule has 0 aliphatic carbocycles. The monoisotopic (exact) mass is 439 g/mol. The average molecular weight is 440 g/mol. The lowest BCUT2D eigenvalue weighted by Gasteiger charge is -2.34. The predicted octanol–water partition coefficient (Wildman–Crippen LogP) is 5.20. The van der Waals surface area contributed by atoms with E-state index in [1.807, 2.05) is 12.1 Å². The lowest BCUT2D eigenvalue weighted by atomic mass is 9.87. The van der Waals surface area contributed by atoms with Crippen LogP contribution < -0.4 is 5.32 Å². The number of rotatable bonds is 5. The van der Waals surface area contributed by atoms with Gasteiger partial charge in [-0.2, -0.15) is 0 Å². The van der Waals surface area contributed by atoms with Crippen LogP contribution in [-0.2, 0) is 0 Å². The number of carbonyl (C=O) groups is 1. The van der Waals surface area contributed by atoms with Crippen LogP contribution in [0.4, 0.5) is 15.9 Å². The van der Waals surface area contributed by atoms with Crippen LogP contribution in [0.2, 0.25) is 5.02 Å². The molecule has 0 radical (unpaired) electrons. The molecule has 1 amide bonds. The van der Waals surface area contributed by atoms with Crippen LogP contribution >= 0.6 is 11.6 Å². The summed E-state index contributed by atoms with van der Waals surface area (Å²) in [6.07, 6.45) is 2.35. The van der Waals surface area contributed by atoms with Gasteiger partial charge in [-0.1, -0.05) is 35.9 Å². The van der Waals surface area contributed by atoms with E-state index in [2.05, 4.69) is 10.3 Å². The summed E-state index contributed by atoms with van der Waals surface area (Å²) in [6, 6.07) is 16.9. The lowest BCUT2D eigenvalue weighted by Crippen LogP contribution is -2.40. The fourth-order valence-electron chi connectivity index (χ4n) is 3.89. The maximum Gasteiger partial charge on any atom is 0.257 e. The number of likely N-dealkylation sites (tertiary alicyclic amines) is 1. The van der Waals surface area contributed by atoms with E-state index in [1.54, 1.807) is 53.6 Å². The van der Waals surface area contributed by atoms with Crippen molar-refractivity contribution < 1.29 is 14.3 Å². The van der Waals surface area contributed by atoms with Crippen molar-refractivity contribution in [2.45, 2.75) is 18.9 Å². The molecule has 2 heterocycles. The number of aliphatic hydroxyl groups excluding tert-OH is 1. The second-order valence-electron chi connectivity index (χ2n) is 7.63. The van der Waals surface area contributed by atoms with Gasteiger partial charge >= 0.3 is 0 Å². The minimum atomic E-state index is -0.591. The highest BCUT2D eigenvalue weighted by molar-refractivity contribution is 6.30. The lowest BCUT2D eigenvalue weighted by molar-refractivity contribution is 0.0463. The fourth-order valence-corrected chi connectivity index (χ4v) is 4.01. The Morgan fingerprint density at radius 3 is 2.52 bits per heavy atom. The van der Waals surface area contributed by atoms with Gasteiger partial charge in [0.05, 0.1) is 17.4 Å². The first-order valence-electron chi connectivity index (χ1n) is 10.2. The maximum absolute atomic E-state index is 14.0. The number of aromatic nitrogens is 1. The van der Waals surface area contributed by atoms with E-state index in [-0.39, 0.29) is 17.5 Å². The number of piperidine rings is 1. The highest BCUT2D eigenvalue weighted by Crippen LogP contribution is 2.32. The summed E-state index contributed by atoms with van der Waals surface area (Å²) in [5.74, 6) is -0.189. The van der Waals surface area contributed by atoms with Gasteiger partial charge in [-0.25, -0.2) is 9.37 Å². The Balaban J connectivity index is 1.43. The number of amides is 1. The van der Waals surface area contributed by atoms with Crippen molar-refractivity contribution in [1.82, 2.24) is 9.88 Å². The molecule has 0 bridgehead atoms. The van der Waals surface area contributed by atoms with E-state index in [4.69, 9.17) is 11.6 Å². The second-order valence-corrected chi connectivity index (χ2v) is 8.07. The number of benzene rings is 2. The number of carbonyl (C=O) groups excluding carboxylic acids is 1. The van der Waals surface area contributed by atoms with E-state index >= 15 is 0 Å². The molecular weight excluding hydrogens is 417 g/mol. The highest BCUT2D eigenvalue weighted by Gasteiger charge is 2.29. The van der Waals surface area contributed by atoms with Gasteiger partial charge in [-0.15, -0.1) is 0 Å². The molecule has 1 aliphatic rings. The Morgan fingerprint density at radius 2 is 1.81 bits per heavy atom. The Bertz CT molecular complexity index is 1050. The Morgan fingerprint density at radius 1 is 1.10 bits per heavy atom. The molecule has 1 aliphatic heterocycles. The van der Waals surface area contributed by atoms with Gasteiger partial charge in [-0.3, -0.25) is 4.79 Å². The van der Waals surface area contributed by atoms with Crippen molar-refractivity contribution in [3.8, 4) is 0 Å². The first-order valence-corrected chi connectivity index (χ1v) is 10.6. The van der Waals surface area contributed by atoms with Gasteiger partial charge in [0.15, 0.2) is 0 Å². The van der Waals surface area contributed by atoms with Gasteiger partial charge in [0, 0.05) is 24.3 Å².